The molecular formula is C29H34FNO5S. The van der Waals surface area contributed by atoms with Gasteiger partial charge < -0.3 is 13.8 Å². The van der Waals surface area contributed by atoms with Crippen LogP contribution >= 0.6 is 0 Å². The monoisotopic (exact) mass is 527 g/mol. The summed E-state index contributed by atoms with van der Waals surface area (Å²) in [6.45, 7) is 6.39. The number of carbonyl (C=O) groups excluding carboxylic acids is 1. The van der Waals surface area contributed by atoms with E-state index in [9.17, 15) is 17.6 Å². The number of hydrogen-bond donors (Lipinski definition) is 0. The number of benzene rings is 3. The van der Waals surface area contributed by atoms with Crippen molar-refractivity contribution in [2.45, 2.75) is 63.9 Å². The zero-order valence-corrected chi connectivity index (χ0v) is 22.6. The van der Waals surface area contributed by atoms with Gasteiger partial charge in [-0.2, -0.15) is 8.42 Å². The average molecular weight is 528 g/mol. The number of rotatable bonds is 12. The average Bonchev–Trinajstić information content (AvgIpc) is 2.90. The van der Waals surface area contributed by atoms with Crippen molar-refractivity contribution in [3.63, 3.8) is 0 Å². The minimum absolute atomic E-state index is 0.0128. The topological polar surface area (TPSA) is 72.9 Å². The summed E-state index contributed by atoms with van der Waals surface area (Å²) in [5.74, 6) is -0.447. The Bertz CT molecular complexity index is 1290. The van der Waals surface area contributed by atoms with Crippen LogP contribution in [0.2, 0.25) is 0 Å². The number of carbonyl (C=O) groups is 1. The molecule has 0 aliphatic rings. The van der Waals surface area contributed by atoms with E-state index < -0.39 is 15.9 Å². The highest BCUT2D eigenvalue weighted by molar-refractivity contribution is 7.87. The zero-order chi connectivity index (χ0) is 27.0. The second-order valence-corrected chi connectivity index (χ2v) is 10.5. The molecule has 0 aromatic heterocycles. The fourth-order valence-electron chi connectivity index (χ4n) is 3.86. The van der Waals surface area contributed by atoms with Crippen molar-refractivity contribution >= 4 is 16.0 Å². The highest BCUT2D eigenvalue weighted by Gasteiger charge is 2.23. The Kier molecular flexibility index (Phi) is 9.69. The molecule has 0 N–H and O–H groups in total. The van der Waals surface area contributed by atoms with Gasteiger partial charge in [-0.05, 0) is 85.8 Å². The highest BCUT2D eigenvalue weighted by Crippen LogP contribution is 2.32. The lowest BCUT2D eigenvalue weighted by Crippen LogP contribution is -2.37. The molecule has 0 aliphatic carbocycles. The molecule has 0 saturated heterocycles. The Hall–Kier alpha value is -3.39. The summed E-state index contributed by atoms with van der Waals surface area (Å²) in [5, 5.41) is 0. The number of nitrogens with zero attached hydrogens (tertiary/aromatic N) is 1. The molecule has 1 unspecified atom stereocenters. The van der Waals surface area contributed by atoms with E-state index in [0.717, 1.165) is 49.9 Å². The Labute approximate surface area is 219 Å². The van der Waals surface area contributed by atoms with Crippen LogP contribution in [-0.2, 0) is 23.1 Å². The summed E-state index contributed by atoms with van der Waals surface area (Å²) in [7, 11) is -2.82. The Morgan fingerprint density at radius 3 is 2.19 bits per heavy atom. The van der Waals surface area contributed by atoms with Gasteiger partial charge in [-0.1, -0.05) is 38.5 Å². The maximum Gasteiger partial charge on any atom is 0.339 e. The fourth-order valence-corrected chi connectivity index (χ4v) is 4.79. The third kappa shape index (κ3) is 7.32. The van der Waals surface area contributed by atoms with Gasteiger partial charge in [-0.25, -0.2) is 4.39 Å². The number of amides is 1. The second-order valence-electron chi connectivity index (χ2n) is 8.97. The smallest absolute Gasteiger partial charge is 0.339 e. The molecule has 0 bridgehead atoms. The fraction of sp³-hybridized carbons (Fsp3) is 0.345. The van der Waals surface area contributed by atoms with Crippen LogP contribution < -0.4 is 8.92 Å². The first-order valence-electron chi connectivity index (χ1n) is 12.4. The van der Waals surface area contributed by atoms with E-state index in [1.807, 2.05) is 38.1 Å². The predicted molar refractivity (Wildman–Crippen MR) is 142 cm³/mol. The SMILES string of the molecule is CCCCc1ccc(C(=O)N(Cc2ccc(OC)c(OS(=O)(=O)c3ccc(F)cc3)c2)C(C)CC)cc1. The van der Waals surface area contributed by atoms with Crippen molar-refractivity contribution in [1.82, 2.24) is 4.90 Å². The van der Waals surface area contributed by atoms with Crippen molar-refractivity contribution in [1.29, 1.82) is 0 Å². The molecule has 3 aromatic carbocycles. The van der Waals surface area contributed by atoms with Gasteiger partial charge in [0.1, 0.15) is 10.7 Å². The van der Waals surface area contributed by atoms with Gasteiger partial charge in [0.25, 0.3) is 5.91 Å². The molecule has 0 radical (unpaired) electrons. The van der Waals surface area contributed by atoms with E-state index in [1.165, 1.54) is 12.7 Å². The van der Waals surface area contributed by atoms with Crippen LogP contribution in [-0.4, -0.2) is 32.4 Å². The van der Waals surface area contributed by atoms with Crippen LogP contribution in [0.5, 0.6) is 11.5 Å². The van der Waals surface area contributed by atoms with Crippen molar-refractivity contribution in [2.75, 3.05) is 7.11 Å². The van der Waals surface area contributed by atoms with Gasteiger partial charge in [0.2, 0.25) is 0 Å². The summed E-state index contributed by atoms with van der Waals surface area (Å²) in [5.41, 5.74) is 2.48. The van der Waals surface area contributed by atoms with Crippen LogP contribution in [0.1, 0.15) is 61.5 Å². The lowest BCUT2D eigenvalue weighted by molar-refractivity contribution is 0.0671. The van der Waals surface area contributed by atoms with E-state index in [1.54, 1.807) is 23.1 Å². The molecule has 0 heterocycles. The second kappa shape index (κ2) is 12.7. The summed E-state index contributed by atoms with van der Waals surface area (Å²) in [6.07, 6.45) is 3.95. The molecule has 6 nitrogen and oxygen atoms in total. The Morgan fingerprint density at radius 1 is 0.946 bits per heavy atom. The standard InChI is InChI=1S/C29H34FNO5S/c1-5-7-8-22-9-12-24(13-10-22)29(32)31(21(3)6-2)20-23-11-18-27(35-4)28(19-23)36-37(33,34)26-16-14-25(30)15-17-26/h9-19,21H,5-8,20H2,1-4H3. The number of hydrogen-bond acceptors (Lipinski definition) is 5. The van der Waals surface area contributed by atoms with Crippen molar-refractivity contribution in [2.24, 2.45) is 0 Å². The molecule has 0 fully saturated rings. The van der Waals surface area contributed by atoms with Gasteiger partial charge >= 0.3 is 10.1 Å². The molecule has 37 heavy (non-hydrogen) atoms. The van der Waals surface area contributed by atoms with Gasteiger partial charge in [-0.3, -0.25) is 4.79 Å². The molecule has 0 saturated carbocycles. The Morgan fingerprint density at radius 2 is 1.59 bits per heavy atom. The number of ether oxygens (including phenoxy) is 1. The molecule has 3 aromatic rings. The van der Waals surface area contributed by atoms with Crippen LogP contribution in [0.4, 0.5) is 4.39 Å². The molecule has 0 aliphatic heterocycles. The van der Waals surface area contributed by atoms with E-state index in [0.29, 0.717) is 11.1 Å². The maximum absolute atomic E-state index is 13.5. The quantitative estimate of drug-likeness (QED) is 0.255. The van der Waals surface area contributed by atoms with Crippen molar-refractivity contribution in [3.05, 3.63) is 89.2 Å². The summed E-state index contributed by atoms with van der Waals surface area (Å²) < 4.78 is 49.5. The molecule has 198 valence electrons. The molecule has 8 heteroatoms. The van der Waals surface area contributed by atoms with Gasteiger partial charge in [0.15, 0.2) is 11.5 Å². The van der Waals surface area contributed by atoms with Gasteiger partial charge in [0.05, 0.1) is 7.11 Å². The third-order valence-corrected chi connectivity index (χ3v) is 7.53. The van der Waals surface area contributed by atoms with Crippen LogP contribution in [0, 0.1) is 5.82 Å². The largest absolute Gasteiger partial charge is 0.493 e. The lowest BCUT2D eigenvalue weighted by atomic mass is 10.0. The van der Waals surface area contributed by atoms with Crippen LogP contribution in [0.15, 0.2) is 71.6 Å². The normalized spacial score (nSPS) is 12.1. The highest BCUT2D eigenvalue weighted by atomic mass is 32.2. The molecule has 3 rings (SSSR count). The number of halogens is 1. The first kappa shape index (κ1) is 28.2. The molecular weight excluding hydrogens is 493 g/mol. The summed E-state index contributed by atoms with van der Waals surface area (Å²) in [6, 6.07) is 17.0. The van der Waals surface area contributed by atoms with E-state index in [4.69, 9.17) is 8.92 Å². The molecule has 1 amide bonds. The number of aryl methyl sites for hydroxylation is 1. The van der Waals surface area contributed by atoms with E-state index >= 15 is 0 Å². The lowest BCUT2D eigenvalue weighted by Gasteiger charge is -2.29. The van der Waals surface area contributed by atoms with E-state index in [-0.39, 0.29) is 34.9 Å². The first-order chi connectivity index (χ1) is 17.7. The Balaban J connectivity index is 1.86. The third-order valence-electron chi connectivity index (χ3n) is 6.29. The first-order valence-corrected chi connectivity index (χ1v) is 13.9. The predicted octanol–water partition coefficient (Wildman–Crippen LogP) is 6.39. The summed E-state index contributed by atoms with van der Waals surface area (Å²) in [4.78, 5) is 15.1. The van der Waals surface area contributed by atoms with Gasteiger partial charge in [0, 0.05) is 18.2 Å². The van der Waals surface area contributed by atoms with Crippen molar-refractivity contribution < 1.29 is 26.5 Å². The van der Waals surface area contributed by atoms with Crippen LogP contribution in [0.25, 0.3) is 0 Å². The number of methoxy groups -OCH3 is 1. The van der Waals surface area contributed by atoms with Crippen molar-refractivity contribution in [3.8, 4) is 11.5 Å². The van der Waals surface area contributed by atoms with E-state index in [2.05, 4.69) is 6.92 Å². The minimum Gasteiger partial charge on any atom is -0.493 e. The zero-order valence-electron chi connectivity index (χ0n) is 21.7. The van der Waals surface area contributed by atoms with Crippen LogP contribution in [0.3, 0.4) is 0 Å². The minimum atomic E-state index is -4.23. The molecule has 1 atom stereocenters. The number of unbranched alkanes of at least 4 members (excludes halogenated alkanes) is 1. The molecule has 0 spiro atoms. The maximum atomic E-state index is 13.5. The summed E-state index contributed by atoms with van der Waals surface area (Å²) >= 11 is 0. The van der Waals surface area contributed by atoms with Gasteiger partial charge in [-0.15, -0.1) is 0 Å².